The van der Waals surface area contributed by atoms with Crippen LogP contribution in [0.2, 0.25) is 0 Å². The van der Waals surface area contributed by atoms with Gasteiger partial charge in [-0.15, -0.1) is 0 Å². The van der Waals surface area contributed by atoms with Gasteiger partial charge >= 0.3 is 0 Å². The van der Waals surface area contributed by atoms with Gasteiger partial charge in [0.05, 0.1) is 24.3 Å². The summed E-state index contributed by atoms with van der Waals surface area (Å²) in [5, 5.41) is 4.39. The van der Waals surface area contributed by atoms with Crippen LogP contribution >= 0.6 is 0 Å². The second kappa shape index (κ2) is 9.43. The number of piperazine rings is 1. The van der Waals surface area contributed by atoms with E-state index in [9.17, 15) is 9.59 Å². The van der Waals surface area contributed by atoms with Gasteiger partial charge in [-0.05, 0) is 24.9 Å². The number of rotatable bonds is 5. The molecule has 3 heterocycles. The normalized spacial score (nSPS) is 20.4. The highest BCUT2D eigenvalue weighted by Gasteiger charge is 2.31. The molecular weight excluding hydrogens is 378 g/mol. The van der Waals surface area contributed by atoms with E-state index in [1.165, 1.54) is 4.68 Å². The minimum Gasteiger partial charge on any atom is -0.369 e. The molecule has 1 atom stereocenters. The fourth-order valence-corrected chi connectivity index (χ4v) is 4.43. The monoisotopic (exact) mass is 409 g/mol. The van der Waals surface area contributed by atoms with Crippen LogP contribution in [-0.2, 0) is 11.3 Å². The predicted octanol–water partition coefficient (Wildman–Crippen LogP) is 1.67. The van der Waals surface area contributed by atoms with Crippen LogP contribution in [0.1, 0.15) is 25.3 Å². The van der Waals surface area contributed by atoms with Gasteiger partial charge < -0.3 is 14.7 Å². The van der Waals surface area contributed by atoms with Crippen molar-refractivity contribution in [2.45, 2.75) is 26.3 Å². The first-order valence-corrected chi connectivity index (χ1v) is 11.0. The SMILES string of the molecule is CCN1CCN(C(=O)[C@H]2CCCN(c3cnn(Cc4ccccc4)c(=O)c3)C2)CC1. The van der Waals surface area contributed by atoms with Gasteiger partial charge in [0.15, 0.2) is 0 Å². The highest BCUT2D eigenvalue weighted by Crippen LogP contribution is 2.23. The molecule has 1 aromatic carbocycles. The summed E-state index contributed by atoms with van der Waals surface area (Å²) in [6.45, 7) is 8.75. The Balaban J connectivity index is 1.40. The number of piperidine rings is 1. The summed E-state index contributed by atoms with van der Waals surface area (Å²) in [6, 6.07) is 11.5. The molecule has 0 unspecified atom stereocenters. The van der Waals surface area contributed by atoms with Gasteiger partial charge in [-0.2, -0.15) is 5.10 Å². The summed E-state index contributed by atoms with van der Waals surface area (Å²) in [5.74, 6) is 0.263. The first kappa shape index (κ1) is 20.6. The smallest absolute Gasteiger partial charge is 0.269 e. The van der Waals surface area contributed by atoms with Crippen LogP contribution in [0.4, 0.5) is 5.69 Å². The van der Waals surface area contributed by atoms with Crippen molar-refractivity contribution in [2.24, 2.45) is 5.92 Å². The van der Waals surface area contributed by atoms with Crippen molar-refractivity contribution in [1.29, 1.82) is 0 Å². The lowest BCUT2D eigenvalue weighted by atomic mass is 9.96. The Morgan fingerprint density at radius 2 is 1.87 bits per heavy atom. The van der Waals surface area contributed by atoms with Crippen LogP contribution < -0.4 is 10.5 Å². The molecule has 0 spiro atoms. The van der Waals surface area contributed by atoms with Gasteiger partial charge in [0.2, 0.25) is 5.91 Å². The molecule has 160 valence electrons. The van der Waals surface area contributed by atoms with Gasteiger partial charge in [0, 0.05) is 45.3 Å². The Morgan fingerprint density at radius 1 is 1.10 bits per heavy atom. The molecule has 2 saturated heterocycles. The van der Waals surface area contributed by atoms with Crippen molar-refractivity contribution in [3.63, 3.8) is 0 Å². The third-order valence-electron chi connectivity index (χ3n) is 6.30. The topological polar surface area (TPSA) is 61.7 Å². The molecule has 1 aromatic heterocycles. The summed E-state index contributed by atoms with van der Waals surface area (Å²) >= 11 is 0. The van der Waals surface area contributed by atoms with Crippen LogP contribution in [0.5, 0.6) is 0 Å². The number of benzene rings is 1. The Hall–Kier alpha value is -2.67. The number of hydrogen-bond acceptors (Lipinski definition) is 5. The predicted molar refractivity (Wildman–Crippen MR) is 118 cm³/mol. The number of aromatic nitrogens is 2. The van der Waals surface area contributed by atoms with Crippen molar-refractivity contribution in [3.8, 4) is 0 Å². The molecule has 2 fully saturated rings. The zero-order valence-electron chi connectivity index (χ0n) is 17.7. The number of hydrogen-bond donors (Lipinski definition) is 0. The molecule has 7 heteroatoms. The largest absolute Gasteiger partial charge is 0.369 e. The highest BCUT2D eigenvalue weighted by atomic mass is 16.2. The number of likely N-dealkylation sites (N-methyl/N-ethyl adjacent to an activating group) is 1. The molecule has 0 aliphatic carbocycles. The minimum atomic E-state index is -0.111. The van der Waals surface area contributed by atoms with Crippen LogP contribution in [0, 0.1) is 5.92 Å². The number of amides is 1. The van der Waals surface area contributed by atoms with Crippen LogP contribution in [0.25, 0.3) is 0 Å². The number of carbonyl (C=O) groups excluding carboxylic acids is 1. The average Bonchev–Trinajstić information content (AvgIpc) is 2.81. The third-order valence-corrected chi connectivity index (χ3v) is 6.30. The van der Waals surface area contributed by atoms with Crippen LogP contribution in [0.15, 0.2) is 47.4 Å². The summed E-state index contributed by atoms with van der Waals surface area (Å²) < 4.78 is 1.48. The van der Waals surface area contributed by atoms with Crippen LogP contribution in [0.3, 0.4) is 0 Å². The average molecular weight is 410 g/mol. The highest BCUT2D eigenvalue weighted by molar-refractivity contribution is 5.80. The Morgan fingerprint density at radius 3 is 2.57 bits per heavy atom. The van der Waals surface area contributed by atoms with E-state index < -0.39 is 0 Å². The first-order chi connectivity index (χ1) is 14.6. The molecule has 2 aliphatic rings. The lowest BCUT2D eigenvalue weighted by Gasteiger charge is -2.39. The molecule has 0 bridgehead atoms. The molecule has 2 aliphatic heterocycles. The molecular formula is C23H31N5O2. The Labute approximate surface area is 177 Å². The van der Waals surface area contributed by atoms with E-state index in [0.29, 0.717) is 13.1 Å². The van der Waals surface area contributed by atoms with Gasteiger partial charge in [-0.1, -0.05) is 37.3 Å². The standard InChI is InChI=1S/C23H31N5O2/c1-2-25-11-13-26(14-12-25)23(30)20-9-6-10-27(18-20)21-15-22(29)28(24-16-21)17-19-7-4-3-5-8-19/h3-5,7-8,15-16,20H,2,6,9-14,17-18H2,1H3/t20-/m0/s1. The molecule has 7 nitrogen and oxygen atoms in total. The zero-order chi connectivity index (χ0) is 20.9. The number of carbonyl (C=O) groups is 1. The van der Waals surface area contributed by atoms with Crippen molar-refractivity contribution in [1.82, 2.24) is 19.6 Å². The zero-order valence-corrected chi connectivity index (χ0v) is 17.7. The second-order valence-corrected chi connectivity index (χ2v) is 8.24. The summed E-state index contributed by atoms with van der Waals surface area (Å²) in [7, 11) is 0. The van der Waals surface area contributed by atoms with E-state index in [-0.39, 0.29) is 17.4 Å². The van der Waals surface area contributed by atoms with Crippen molar-refractivity contribution < 1.29 is 4.79 Å². The van der Waals surface area contributed by atoms with E-state index in [4.69, 9.17) is 0 Å². The second-order valence-electron chi connectivity index (χ2n) is 8.24. The van der Waals surface area contributed by atoms with E-state index in [1.54, 1.807) is 12.3 Å². The Bertz CT molecular complexity index is 905. The van der Waals surface area contributed by atoms with Gasteiger partial charge in [0.25, 0.3) is 5.56 Å². The summed E-state index contributed by atoms with van der Waals surface area (Å²) in [4.78, 5) is 32.2. The van der Waals surface area contributed by atoms with E-state index >= 15 is 0 Å². The fourth-order valence-electron chi connectivity index (χ4n) is 4.43. The number of anilines is 1. The van der Waals surface area contributed by atoms with Gasteiger partial charge in [0.1, 0.15) is 0 Å². The van der Waals surface area contributed by atoms with Crippen molar-refractivity contribution >= 4 is 11.6 Å². The molecule has 4 rings (SSSR count). The number of nitrogens with zero attached hydrogens (tertiary/aromatic N) is 5. The van der Waals surface area contributed by atoms with Crippen LogP contribution in [-0.4, -0.2) is 71.3 Å². The maximum absolute atomic E-state index is 13.0. The molecule has 0 radical (unpaired) electrons. The maximum atomic E-state index is 13.0. The van der Waals surface area contributed by atoms with E-state index in [1.807, 2.05) is 35.2 Å². The molecule has 2 aromatic rings. The van der Waals surface area contributed by atoms with E-state index in [2.05, 4.69) is 21.8 Å². The summed E-state index contributed by atoms with van der Waals surface area (Å²) in [5.41, 5.74) is 1.75. The lowest BCUT2D eigenvalue weighted by Crippen LogP contribution is -2.52. The fraction of sp³-hybridized carbons (Fsp3) is 0.522. The lowest BCUT2D eigenvalue weighted by molar-refractivity contribution is -0.137. The third kappa shape index (κ3) is 4.73. The van der Waals surface area contributed by atoms with Gasteiger partial charge in [-0.25, -0.2) is 4.68 Å². The molecule has 30 heavy (non-hydrogen) atoms. The molecule has 0 N–H and O–H groups in total. The van der Waals surface area contributed by atoms with Crippen molar-refractivity contribution in [2.75, 3.05) is 50.7 Å². The van der Waals surface area contributed by atoms with Gasteiger partial charge in [-0.3, -0.25) is 9.59 Å². The van der Waals surface area contributed by atoms with Crippen molar-refractivity contribution in [3.05, 3.63) is 58.5 Å². The minimum absolute atomic E-state index is 0.00123. The van der Waals surface area contributed by atoms with E-state index in [0.717, 1.165) is 63.4 Å². The maximum Gasteiger partial charge on any atom is 0.269 e. The Kier molecular flexibility index (Phi) is 6.47. The first-order valence-electron chi connectivity index (χ1n) is 11.0. The quantitative estimate of drug-likeness (QED) is 0.752. The summed E-state index contributed by atoms with van der Waals surface area (Å²) in [6.07, 6.45) is 3.64. The molecule has 0 saturated carbocycles. The molecule has 1 amide bonds.